The van der Waals surface area contributed by atoms with Gasteiger partial charge >= 0.3 is 5.97 Å². The van der Waals surface area contributed by atoms with Gasteiger partial charge in [-0.15, -0.1) is 0 Å². The quantitative estimate of drug-likeness (QED) is 0.283. The molecule has 1 aromatic heterocycles. The van der Waals surface area contributed by atoms with E-state index < -0.39 is 12.0 Å². The van der Waals surface area contributed by atoms with E-state index in [-0.39, 0.29) is 18.8 Å². The molecule has 0 bridgehead atoms. The molecule has 0 saturated carbocycles. The molecule has 0 N–H and O–H groups in total. The highest BCUT2D eigenvalue weighted by Crippen LogP contribution is 2.35. The Morgan fingerprint density at radius 1 is 1.10 bits per heavy atom. The van der Waals surface area contributed by atoms with Gasteiger partial charge in [0.25, 0.3) is 5.56 Å². The van der Waals surface area contributed by atoms with Crippen molar-refractivity contribution in [3.63, 3.8) is 0 Å². The smallest absolute Gasteiger partial charge is 0.338 e. The molecule has 0 radical (unpaired) electrons. The minimum atomic E-state index is -0.728. The van der Waals surface area contributed by atoms with E-state index in [1.807, 2.05) is 66.7 Å². The molecule has 206 valence electrons. The van der Waals surface area contributed by atoms with Crippen molar-refractivity contribution in [2.45, 2.75) is 32.7 Å². The first-order valence-corrected chi connectivity index (χ1v) is 14.2. The van der Waals surface area contributed by atoms with Crippen LogP contribution in [0.3, 0.4) is 0 Å². The molecule has 1 aliphatic rings. The van der Waals surface area contributed by atoms with E-state index in [4.69, 9.17) is 19.7 Å². The van der Waals surface area contributed by atoms with Crippen LogP contribution in [-0.2, 0) is 9.53 Å². The summed E-state index contributed by atoms with van der Waals surface area (Å²) < 4.78 is 13.0. The highest BCUT2D eigenvalue weighted by atomic mass is 32.1. The summed E-state index contributed by atoms with van der Waals surface area (Å²) in [4.78, 5) is 33.0. The summed E-state index contributed by atoms with van der Waals surface area (Å²) in [6.45, 7) is 6.13. The second-order valence-corrected chi connectivity index (χ2v) is 10.8. The topological polar surface area (TPSA) is 93.7 Å². The Morgan fingerprint density at radius 2 is 1.85 bits per heavy atom. The van der Waals surface area contributed by atoms with Crippen molar-refractivity contribution < 1.29 is 14.3 Å². The first kappa shape index (κ1) is 27.8. The number of carbonyl (C=O) groups excluding carboxylic acids is 1. The van der Waals surface area contributed by atoms with E-state index >= 15 is 0 Å². The fourth-order valence-electron chi connectivity index (χ4n) is 4.78. The van der Waals surface area contributed by atoms with E-state index in [2.05, 4.69) is 13.8 Å². The number of ether oxygens (including phenoxy) is 2. The van der Waals surface area contributed by atoms with Crippen molar-refractivity contribution in [2.24, 2.45) is 4.99 Å². The summed E-state index contributed by atoms with van der Waals surface area (Å²) >= 11 is 1.26. The highest BCUT2D eigenvalue weighted by molar-refractivity contribution is 7.07. The Labute approximate surface area is 242 Å². The molecule has 5 rings (SSSR count). The maximum atomic E-state index is 14.0. The molecule has 2 heterocycles. The maximum absolute atomic E-state index is 14.0. The number of benzene rings is 3. The van der Waals surface area contributed by atoms with Crippen LogP contribution in [0.25, 0.3) is 11.8 Å². The van der Waals surface area contributed by atoms with Crippen LogP contribution in [0.5, 0.6) is 5.75 Å². The first-order valence-electron chi connectivity index (χ1n) is 13.4. The molecule has 4 aromatic rings. The van der Waals surface area contributed by atoms with Crippen LogP contribution in [0.4, 0.5) is 0 Å². The molecule has 0 spiro atoms. The molecule has 8 heteroatoms. The third-order valence-electron chi connectivity index (χ3n) is 6.75. The number of hydrogen-bond acceptors (Lipinski definition) is 7. The minimum absolute atomic E-state index is 0.0693. The normalized spacial score (nSPS) is 14.8. The summed E-state index contributed by atoms with van der Waals surface area (Å²) in [5.41, 5.74) is 4.01. The second kappa shape index (κ2) is 12.2. The van der Waals surface area contributed by atoms with Crippen LogP contribution >= 0.6 is 11.3 Å². The predicted molar refractivity (Wildman–Crippen MR) is 159 cm³/mol. The van der Waals surface area contributed by atoms with Gasteiger partial charge in [0.05, 0.1) is 28.5 Å². The average molecular weight is 564 g/mol. The fraction of sp³-hybridized carbons (Fsp3) is 0.212. The fourth-order valence-corrected chi connectivity index (χ4v) is 5.78. The van der Waals surface area contributed by atoms with Crippen LogP contribution in [0.1, 0.15) is 55.0 Å². The Morgan fingerprint density at radius 3 is 2.54 bits per heavy atom. The summed E-state index contributed by atoms with van der Waals surface area (Å²) in [5.74, 6) is 0.357. The van der Waals surface area contributed by atoms with Gasteiger partial charge in [-0.25, -0.2) is 9.79 Å². The van der Waals surface area contributed by atoms with Crippen LogP contribution < -0.4 is 19.6 Å². The molecule has 0 aliphatic carbocycles. The zero-order valence-corrected chi connectivity index (χ0v) is 23.9. The molecule has 0 saturated heterocycles. The number of rotatable bonds is 8. The number of nitriles is 1. The number of aromatic nitrogens is 1. The zero-order chi connectivity index (χ0) is 28.9. The first-order chi connectivity index (χ1) is 19.9. The van der Waals surface area contributed by atoms with Crippen LogP contribution in [0, 0.1) is 11.3 Å². The monoisotopic (exact) mass is 563 g/mol. The van der Waals surface area contributed by atoms with Crippen molar-refractivity contribution in [3.8, 4) is 11.8 Å². The predicted octanol–water partition coefficient (Wildman–Crippen LogP) is 4.96. The van der Waals surface area contributed by atoms with Gasteiger partial charge in [-0.1, -0.05) is 91.9 Å². The van der Waals surface area contributed by atoms with E-state index in [0.717, 1.165) is 22.3 Å². The zero-order valence-electron chi connectivity index (χ0n) is 23.0. The maximum Gasteiger partial charge on any atom is 0.338 e. The Bertz CT molecular complexity index is 1830. The Balaban J connectivity index is 1.76. The van der Waals surface area contributed by atoms with E-state index in [9.17, 15) is 9.59 Å². The number of esters is 1. The number of carbonyl (C=O) groups is 1. The van der Waals surface area contributed by atoms with Gasteiger partial charge in [0.1, 0.15) is 11.8 Å². The molecular weight excluding hydrogens is 534 g/mol. The average Bonchev–Trinajstić information content (AvgIpc) is 3.30. The van der Waals surface area contributed by atoms with Crippen molar-refractivity contribution in [1.82, 2.24) is 4.57 Å². The largest absolute Gasteiger partial charge is 0.479 e. The number of fused-ring (bicyclic) bond motifs is 1. The van der Waals surface area contributed by atoms with Crippen molar-refractivity contribution in [3.05, 3.63) is 126 Å². The van der Waals surface area contributed by atoms with Gasteiger partial charge in [0, 0.05) is 5.56 Å². The summed E-state index contributed by atoms with van der Waals surface area (Å²) in [7, 11) is 0. The second-order valence-electron chi connectivity index (χ2n) is 9.77. The lowest BCUT2D eigenvalue weighted by Gasteiger charge is -2.26. The molecular formula is C33H29N3O4S. The van der Waals surface area contributed by atoms with Gasteiger partial charge in [0.15, 0.2) is 11.4 Å². The molecule has 0 amide bonds. The van der Waals surface area contributed by atoms with Gasteiger partial charge < -0.3 is 9.47 Å². The van der Waals surface area contributed by atoms with Gasteiger partial charge in [-0.3, -0.25) is 9.36 Å². The number of thiazole rings is 1. The standard InChI is InChI=1S/C33H29N3O4S/c1-4-39-32(38)28-29(24-10-6-5-7-11-24)35-33-36(30(28)25-15-13-23(14-16-25)21(2)3)31(37)27(41-33)20-22-9-8-12-26(19-22)40-18-17-34/h5-16,19-21,30H,4,18H2,1-3H3/b27-20-/t30-/m0/s1. The Hall–Kier alpha value is -4.74. The highest BCUT2D eigenvalue weighted by Gasteiger charge is 2.35. The number of hydrogen-bond donors (Lipinski definition) is 0. The third-order valence-corrected chi connectivity index (χ3v) is 7.73. The minimum Gasteiger partial charge on any atom is -0.479 e. The van der Waals surface area contributed by atoms with Crippen LogP contribution in [-0.4, -0.2) is 23.8 Å². The molecule has 0 unspecified atom stereocenters. The number of nitrogens with zero attached hydrogens (tertiary/aromatic N) is 3. The SMILES string of the molecule is CCOC(=O)C1=C(c2ccccc2)N=c2s/c(=C\c3cccc(OCC#N)c3)c(=O)n2[C@H]1c1ccc(C(C)C)cc1. The lowest BCUT2D eigenvalue weighted by Crippen LogP contribution is -2.40. The van der Waals surface area contributed by atoms with Gasteiger partial charge in [0.2, 0.25) is 0 Å². The van der Waals surface area contributed by atoms with Crippen molar-refractivity contribution in [2.75, 3.05) is 13.2 Å². The summed E-state index contributed by atoms with van der Waals surface area (Å²) in [6.07, 6.45) is 1.78. The molecule has 1 atom stereocenters. The lowest BCUT2D eigenvalue weighted by molar-refractivity contribution is -0.138. The van der Waals surface area contributed by atoms with Crippen molar-refractivity contribution >= 4 is 29.1 Å². The van der Waals surface area contributed by atoms with Crippen molar-refractivity contribution in [1.29, 1.82) is 5.26 Å². The molecule has 41 heavy (non-hydrogen) atoms. The van der Waals surface area contributed by atoms with Gasteiger partial charge in [-0.2, -0.15) is 5.26 Å². The van der Waals surface area contributed by atoms with E-state index in [1.54, 1.807) is 35.8 Å². The summed E-state index contributed by atoms with van der Waals surface area (Å²) in [5, 5.41) is 8.85. The Kier molecular flexibility index (Phi) is 8.27. The van der Waals surface area contributed by atoms with Crippen LogP contribution in [0.2, 0.25) is 0 Å². The third kappa shape index (κ3) is 5.76. The lowest BCUT2D eigenvalue weighted by atomic mass is 9.91. The molecule has 0 fully saturated rings. The van der Waals surface area contributed by atoms with E-state index in [1.165, 1.54) is 11.3 Å². The molecule has 3 aromatic carbocycles. The van der Waals surface area contributed by atoms with E-state index in [0.29, 0.717) is 32.3 Å². The summed E-state index contributed by atoms with van der Waals surface area (Å²) in [6, 6.07) is 25.9. The van der Waals surface area contributed by atoms with Gasteiger partial charge in [-0.05, 0) is 47.7 Å². The molecule has 1 aliphatic heterocycles. The van der Waals surface area contributed by atoms with Crippen LogP contribution in [0.15, 0.2) is 94.2 Å². The molecule has 7 nitrogen and oxygen atoms in total.